The second-order valence-electron chi connectivity index (χ2n) is 7.71. The van der Waals surface area contributed by atoms with E-state index in [0.717, 1.165) is 6.20 Å². The van der Waals surface area contributed by atoms with Gasteiger partial charge in [0.05, 0.1) is 17.4 Å². The summed E-state index contributed by atoms with van der Waals surface area (Å²) in [5.41, 5.74) is -0.851. The summed E-state index contributed by atoms with van der Waals surface area (Å²) < 4.78 is 42.4. The molecule has 0 spiro atoms. The third kappa shape index (κ3) is 5.03. The number of carbonyl (C=O) groups excluding carboxylic acids is 2. The molecule has 1 aliphatic heterocycles. The monoisotopic (exact) mass is 476 g/mol. The number of para-hydroxylation sites is 1. The molecule has 0 saturated carbocycles. The fourth-order valence-corrected chi connectivity index (χ4v) is 3.96. The van der Waals surface area contributed by atoms with Gasteiger partial charge in [-0.3, -0.25) is 9.59 Å². The van der Waals surface area contributed by atoms with Gasteiger partial charge in [0, 0.05) is 29.7 Å². The van der Waals surface area contributed by atoms with Crippen LogP contribution in [0.2, 0.25) is 5.02 Å². The Labute approximate surface area is 192 Å². The largest absolute Gasteiger partial charge is 0.434 e. The molecule has 1 N–H and O–H groups in total. The molecule has 0 atom stereocenters. The van der Waals surface area contributed by atoms with Gasteiger partial charge in [-0.15, -0.1) is 0 Å². The summed E-state index contributed by atoms with van der Waals surface area (Å²) in [6.07, 6.45) is -3.14. The van der Waals surface area contributed by atoms with Crippen molar-refractivity contribution in [2.75, 3.05) is 18.4 Å². The summed E-state index contributed by atoms with van der Waals surface area (Å²) in [4.78, 5) is 26.8. The molecule has 3 aromatic rings. The SMILES string of the molecule is O=C(Nc1ccccc1)C1CCN(C(=O)c2cnn(-c3ccc(Cl)cc3)c2C(F)(F)F)CC1. The van der Waals surface area contributed by atoms with Crippen molar-refractivity contribution in [2.45, 2.75) is 19.0 Å². The van der Waals surface area contributed by atoms with Crippen LogP contribution in [0.15, 0.2) is 60.8 Å². The number of aromatic nitrogens is 2. The van der Waals surface area contributed by atoms with Crippen molar-refractivity contribution >= 4 is 29.1 Å². The minimum absolute atomic E-state index is 0.141. The van der Waals surface area contributed by atoms with E-state index in [0.29, 0.717) is 28.2 Å². The number of alkyl halides is 3. The lowest BCUT2D eigenvalue weighted by molar-refractivity contribution is -0.143. The Morgan fingerprint density at radius 3 is 2.24 bits per heavy atom. The molecule has 33 heavy (non-hydrogen) atoms. The van der Waals surface area contributed by atoms with Crippen LogP contribution >= 0.6 is 11.6 Å². The van der Waals surface area contributed by atoms with E-state index in [-0.39, 0.29) is 30.6 Å². The van der Waals surface area contributed by atoms with Gasteiger partial charge in [0.25, 0.3) is 5.91 Å². The molecule has 1 saturated heterocycles. The van der Waals surface area contributed by atoms with E-state index in [1.807, 2.05) is 6.07 Å². The highest BCUT2D eigenvalue weighted by Crippen LogP contribution is 2.35. The molecule has 0 unspecified atom stereocenters. The average Bonchev–Trinajstić information content (AvgIpc) is 3.26. The van der Waals surface area contributed by atoms with Gasteiger partial charge in [0.2, 0.25) is 5.91 Å². The van der Waals surface area contributed by atoms with Gasteiger partial charge < -0.3 is 10.2 Å². The smallest absolute Gasteiger partial charge is 0.338 e. The maximum atomic E-state index is 13.9. The Balaban J connectivity index is 1.49. The Hall–Kier alpha value is -3.33. The molecule has 4 rings (SSSR count). The predicted molar refractivity (Wildman–Crippen MR) is 117 cm³/mol. The van der Waals surface area contributed by atoms with Gasteiger partial charge in [-0.2, -0.15) is 18.3 Å². The van der Waals surface area contributed by atoms with Crippen LogP contribution < -0.4 is 5.32 Å². The van der Waals surface area contributed by atoms with Gasteiger partial charge in [0.1, 0.15) is 0 Å². The summed E-state index contributed by atoms with van der Waals surface area (Å²) in [6.45, 7) is 0.351. The highest BCUT2D eigenvalue weighted by atomic mass is 35.5. The molecule has 2 aromatic carbocycles. The standard InChI is InChI=1S/C23H20ClF3N4O2/c24-16-6-8-18(9-7-16)31-20(23(25,26)27)19(14-28-31)22(33)30-12-10-15(11-13-30)21(32)29-17-4-2-1-3-5-17/h1-9,14-15H,10-13H2,(H,29,32). The molecule has 1 aromatic heterocycles. The zero-order valence-electron chi connectivity index (χ0n) is 17.3. The molecule has 0 aliphatic carbocycles. The molecule has 0 bridgehead atoms. The highest BCUT2D eigenvalue weighted by molar-refractivity contribution is 6.30. The molecule has 6 nitrogen and oxygen atoms in total. The maximum absolute atomic E-state index is 13.9. The fraction of sp³-hybridized carbons (Fsp3) is 0.261. The van der Waals surface area contributed by atoms with E-state index in [4.69, 9.17) is 11.6 Å². The minimum Gasteiger partial charge on any atom is -0.338 e. The minimum atomic E-state index is -4.80. The van der Waals surface area contributed by atoms with E-state index < -0.39 is 23.3 Å². The van der Waals surface area contributed by atoms with Crippen molar-refractivity contribution in [3.05, 3.63) is 77.1 Å². The molecule has 1 aliphatic rings. The number of anilines is 1. The first-order valence-corrected chi connectivity index (χ1v) is 10.7. The van der Waals surface area contributed by atoms with E-state index in [2.05, 4.69) is 10.4 Å². The molecule has 0 radical (unpaired) electrons. The molecule has 2 heterocycles. The second kappa shape index (κ2) is 9.27. The number of halogens is 4. The number of nitrogens with one attached hydrogen (secondary N) is 1. The summed E-state index contributed by atoms with van der Waals surface area (Å²) >= 11 is 5.82. The van der Waals surface area contributed by atoms with E-state index in [1.54, 1.807) is 24.3 Å². The second-order valence-corrected chi connectivity index (χ2v) is 8.15. The number of hydrogen-bond donors (Lipinski definition) is 1. The number of amides is 2. The summed E-state index contributed by atoms with van der Waals surface area (Å²) in [5.74, 6) is -1.25. The van der Waals surface area contributed by atoms with Crippen LogP contribution in [0.5, 0.6) is 0 Å². The lowest BCUT2D eigenvalue weighted by Crippen LogP contribution is -2.42. The highest BCUT2D eigenvalue weighted by Gasteiger charge is 2.42. The first-order valence-electron chi connectivity index (χ1n) is 10.3. The number of likely N-dealkylation sites (tertiary alicyclic amines) is 1. The van der Waals surface area contributed by atoms with E-state index in [9.17, 15) is 22.8 Å². The van der Waals surface area contributed by atoms with Crippen LogP contribution in [0.3, 0.4) is 0 Å². The molecule has 2 amide bonds. The number of rotatable bonds is 4. The third-order valence-electron chi connectivity index (χ3n) is 5.53. The Morgan fingerprint density at radius 2 is 1.64 bits per heavy atom. The van der Waals surface area contributed by atoms with Gasteiger partial charge >= 0.3 is 6.18 Å². The van der Waals surface area contributed by atoms with Crippen LogP contribution in [-0.4, -0.2) is 39.6 Å². The van der Waals surface area contributed by atoms with Crippen molar-refractivity contribution in [2.24, 2.45) is 5.92 Å². The van der Waals surface area contributed by atoms with E-state index in [1.165, 1.54) is 29.2 Å². The quantitative estimate of drug-likeness (QED) is 0.574. The van der Waals surface area contributed by atoms with Crippen molar-refractivity contribution in [3.63, 3.8) is 0 Å². The van der Waals surface area contributed by atoms with Crippen LogP contribution in [0.25, 0.3) is 5.69 Å². The molecule has 1 fully saturated rings. The average molecular weight is 477 g/mol. The third-order valence-corrected chi connectivity index (χ3v) is 5.79. The van der Waals surface area contributed by atoms with Crippen LogP contribution in [0.1, 0.15) is 28.9 Å². The van der Waals surface area contributed by atoms with Crippen molar-refractivity contribution in [3.8, 4) is 5.69 Å². The Morgan fingerprint density at radius 1 is 1.00 bits per heavy atom. The molecule has 172 valence electrons. The first kappa shape index (κ1) is 22.8. The van der Waals surface area contributed by atoms with Crippen LogP contribution in [0, 0.1) is 5.92 Å². The zero-order valence-corrected chi connectivity index (χ0v) is 18.1. The van der Waals surface area contributed by atoms with Gasteiger partial charge in [-0.25, -0.2) is 4.68 Å². The zero-order chi connectivity index (χ0) is 23.6. The van der Waals surface area contributed by atoms with Crippen molar-refractivity contribution in [1.82, 2.24) is 14.7 Å². The number of hydrogen-bond acceptors (Lipinski definition) is 3. The van der Waals surface area contributed by atoms with Gasteiger partial charge in [-0.05, 0) is 49.2 Å². The van der Waals surface area contributed by atoms with Crippen molar-refractivity contribution < 1.29 is 22.8 Å². The number of carbonyl (C=O) groups is 2. The van der Waals surface area contributed by atoms with Gasteiger partial charge in [-0.1, -0.05) is 29.8 Å². The van der Waals surface area contributed by atoms with Gasteiger partial charge in [0.15, 0.2) is 5.69 Å². The Kier molecular flexibility index (Phi) is 6.42. The molecular formula is C23H20ClF3N4O2. The Bertz CT molecular complexity index is 1140. The summed E-state index contributed by atoms with van der Waals surface area (Å²) in [6, 6.07) is 14.7. The number of piperidine rings is 1. The van der Waals surface area contributed by atoms with Crippen LogP contribution in [0.4, 0.5) is 18.9 Å². The maximum Gasteiger partial charge on any atom is 0.434 e. The van der Waals surface area contributed by atoms with E-state index >= 15 is 0 Å². The first-order chi connectivity index (χ1) is 15.7. The topological polar surface area (TPSA) is 67.2 Å². The van der Waals surface area contributed by atoms with Crippen LogP contribution in [-0.2, 0) is 11.0 Å². The molecular weight excluding hydrogens is 457 g/mol. The number of benzene rings is 2. The lowest BCUT2D eigenvalue weighted by atomic mass is 9.95. The summed E-state index contributed by atoms with van der Waals surface area (Å²) in [5, 5.41) is 7.03. The fourth-order valence-electron chi connectivity index (χ4n) is 3.84. The predicted octanol–water partition coefficient (Wildman–Crippen LogP) is 5.04. The van der Waals surface area contributed by atoms with Crippen molar-refractivity contribution in [1.29, 1.82) is 0 Å². The lowest BCUT2D eigenvalue weighted by Gasteiger charge is -2.31. The molecule has 10 heteroatoms. The normalized spacial score (nSPS) is 14.8. The number of nitrogens with zero attached hydrogens (tertiary/aromatic N) is 3. The summed E-state index contributed by atoms with van der Waals surface area (Å²) in [7, 11) is 0.